The minimum atomic E-state index is -0.320. The second kappa shape index (κ2) is 5.77. The second-order valence-electron chi connectivity index (χ2n) is 3.54. The number of aromatic nitrogens is 1. The molecule has 0 bridgehead atoms. The van der Waals surface area contributed by atoms with Gasteiger partial charge in [0, 0.05) is 7.05 Å². The van der Waals surface area contributed by atoms with E-state index in [1.807, 2.05) is 0 Å². The summed E-state index contributed by atoms with van der Waals surface area (Å²) < 4.78 is 0.627. The van der Waals surface area contributed by atoms with Crippen LogP contribution in [0, 0.1) is 0 Å². The van der Waals surface area contributed by atoms with Crippen molar-refractivity contribution >= 4 is 61.4 Å². The zero-order valence-electron chi connectivity index (χ0n) is 9.83. The third-order valence-electron chi connectivity index (χ3n) is 2.27. The smallest absolute Gasteiger partial charge is 0.269 e. The van der Waals surface area contributed by atoms with E-state index in [-0.39, 0.29) is 11.7 Å². The van der Waals surface area contributed by atoms with E-state index in [0.29, 0.717) is 25.2 Å². The molecule has 8 heteroatoms. The highest BCUT2D eigenvalue weighted by Crippen LogP contribution is 2.31. The summed E-state index contributed by atoms with van der Waals surface area (Å²) in [5, 5.41) is 6.69. The van der Waals surface area contributed by atoms with Crippen molar-refractivity contribution in [2.45, 2.75) is 0 Å². The highest BCUT2D eigenvalue weighted by Gasteiger charge is 2.17. The van der Waals surface area contributed by atoms with E-state index in [4.69, 9.17) is 17.3 Å². The van der Waals surface area contributed by atoms with Crippen molar-refractivity contribution in [3.8, 4) is 0 Å². The van der Waals surface area contributed by atoms with Crippen LogP contribution in [-0.2, 0) is 0 Å². The van der Waals surface area contributed by atoms with Gasteiger partial charge < -0.3 is 16.4 Å². The molecule has 1 heterocycles. The lowest BCUT2D eigenvalue weighted by Crippen LogP contribution is -2.12. The van der Waals surface area contributed by atoms with Gasteiger partial charge in [-0.2, -0.15) is 0 Å². The van der Waals surface area contributed by atoms with Gasteiger partial charge in [-0.1, -0.05) is 29.0 Å². The first-order valence-corrected chi connectivity index (χ1v) is 7.21. The molecule has 4 N–H and O–H groups in total. The van der Waals surface area contributed by atoms with Crippen molar-refractivity contribution in [1.29, 1.82) is 0 Å². The Hall–Kier alpha value is -1.31. The SMILES string of the molecule is CNc1nc(N)c(C(=O)Nc2cccc(Cl)c2Br)s1. The number of amides is 1. The fourth-order valence-corrected chi connectivity index (χ4v) is 2.65. The van der Waals surface area contributed by atoms with Gasteiger partial charge in [0.1, 0.15) is 10.7 Å². The van der Waals surface area contributed by atoms with Crippen LogP contribution in [0.1, 0.15) is 9.67 Å². The van der Waals surface area contributed by atoms with E-state index in [9.17, 15) is 4.79 Å². The Kier molecular flexibility index (Phi) is 4.28. The summed E-state index contributed by atoms with van der Waals surface area (Å²) in [7, 11) is 1.72. The summed E-state index contributed by atoms with van der Waals surface area (Å²) >= 11 is 10.5. The van der Waals surface area contributed by atoms with Crippen LogP contribution in [0.4, 0.5) is 16.6 Å². The van der Waals surface area contributed by atoms with Crippen LogP contribution < -0.4 is 16.4 Å². The minimum Gasteiger partial charge on any atom is -0.382 e. The van der Waals surface area contributed by atoms with E-state index in [0.717, 1.165) is 0 Å². The lowest BCUT2D eigenvalue weighted by Gasteiger charge is -2.07. The number of anilines is 3. The zero-order valence-corrected chi connectivity index (χ0v) is 13.0. The number of nitrogens with one attached hydrogen (secondary N) is 2. The van der Waals surface area contributed by atoms with Crippen LogP contribution >= 0.6 is 38.9 Å². The predicted molar refractivity (Wildman–Crippen MR) is 83.2 cm³/mol. The molecule has 0 unspecified atom stereocenters. The van der Waals surface area contributed by atoms with Crippen LogP contribution in [0.25, 0.3) is 0 Å². The summed E-state index contributed by atoms with van der Waals surface area (Å²) in [6.07, 6.45) is 0. The molecule has 2 aromatic rings. The summed E-state index contributed by atoms with van der Waals surface area (Å²) in [6, 6.07) is 5.21. The fraction of sp³-hybridized carbons (Fsp3) is 0.0909. The molecule has 0 aliphatic rings. The molecule has 0 aliphatic carbocycles. The molecule has 100 valence electrons. The number of halogens is 2. The van der Waals surface area contributed by atoms with Crippen molar-refractivity contribution in [2.24, 2.45) is 0 Å². The number of nitrogen functional groups attached to an aromatic ring is 1. The van der Waals surface area contributed by atoms with Gasteiger partial charge in [-0.05, 0) is 28.1 Å². The molecule has 1 amide bonds. The number of carbonyl (C=O) groups excluding carboxylic acids is 1. The number of benzene rings is 1. The lowest BCUT2D eigenvalue weighted by molar-refractivity contribution is 0.103. The summed E-state index contributed by atoms with van der Waals surface area (Å²) in [5.74, 6) is -0.121. The van der Waals surface area contributed by atoms with Crippen LogP contribution in [0.3, 0.4) is 0 Å². The van der Waals surface area contributed by atoms with Gasteiger partial charge in [0.25, 0.3) is 5.91 Å². The molecule has 1 aromatic heterocycles. The average Bonchev–Trinajstić information content (AvgIpc) is 2.76. The first kappa shape index (κ1) is 14.1. The summed E-state index contributed by atoms with van der Waals surface area (Å²) in [5.41, 5.74) is 6.28. The van der Waals surface area contributed by atoms with E-state index in [1.54, 1.807) is 25.2 Å². The quantitative estimate of drug-likeness (QED) is 0.782. The van der Waals surface area contributed by atoms with E-state index >= 15 is 0 Å². The van der Waals surface area contributed by atoms with Gasteiger partial charge in [-0.25, -0.2) is 4.98 Å². The Morgan fingerprint density at radius 1 is 1.53 bits per heavy atom. The molecule has 0 atom stereocenters. The Labute approximate surface area is 127 Å². The minimum absolute atomic E-state index is 0.199. The van der Waals surface area contributed by atoms with Gasteiger partial charge in [-0.15, -0.1) is 0 Å². The third kappa shape index (κ3) is 2.99. The molecule has 5 nitrogen and oxygen atoms in total. The van der Waals surface area contributed by atoms with Crippen LogP contribution in [0.15, 0.2) is 22.7 Å². The molecule has 19 heavy (non-hydrogen) atoms. The number of thiazole rings is 1. The van der Waals surface area contributed by atoms with Gasteiger partial charge >= 0.3 is 0 Å². The number of hydrogen-bond acceptors (Lipinski definition) is 5. The van der Waals surface area contributed by atoms with Crippen LogP contribution in [0.2, 0.25) is 5.02 Å². The maximum atomic E-state index is 12.1. The van der Waals surface area contributed by atoms with Crippen LogP contribution in [-0.4, -0.2) is 17.9 Å². The number of nitrogens with zero attached hydrogens (tertiary/aromatic N) is 1. The number of rotatable bonds is 3. The first-order valence-electron chi connectivity index (χ1n) is 5.22. The van der Waals surface area contributed by atoms with Crippen molar-refractivity contribution in [2.75, 3.05) is 23.4 Å². The van der Waals surface area contributed by atoms with Crippen molar-refractivity contribution in [3.05, 3.63) is 32.6 Å². The number of hydrogen-bond donors (Lipinski definition) is 3. The molecule has 0 aliphatic heterocycles. The van der Waals surface area contributed by atoms with Crippen molar-refractivity contribution in [3.63, 3.8) is 0 Å². The van der Waals surface area contributed by atoms with E-state index < -0.39 is 0 Å². The normalized spacial score (nSPS) is 10.3. The molecule has 0 fully saturated rings. The monoisotopic (exact) mass is 360 g/mol. The summed E-state index contributed by atoms with van der Waals surface area (Å²) in [6.45, 7) is 0. The lowest BCUT2D eigenvalue weighted by atomic mass is 10.3. The first-order chi connectivity index (χ1) is 9.02. The molecule has 2 rings (SSSR count). The van der Waals surface area contributed by atoms with Gasteiger partial charge in [-0.3, -0.25) is 4.79 Å². The maximum absolute atomic E-state index is 12.1. The Morgan fingerprint density at radius 3 is 2.89 bits per heavy atom. The third-order valence-corrected chi connectivity index (χ3v) is 4.76. The zero-order chi connectivity index (χ0) is 14.0. The Balaban J connectivity index is 2.25. The molecule has 0 saturated carbocycles. The fourth-order valence-electron chi connectivity index (χ4n) is 1.38. The number of nitrogens with two attached hydrogens (primary N) is 1. The maximum Gasteiger partial charge on any atom is 0.269 e. The summed E-state index contributed by atoms with van der Waals surface area (Å²) in [4.78, 5) is 16.5. The van der Waals surface area contributed by atoms with E-state index in [2.05, 4.69) is 31.5 Å². The van der Waals surface area contributed by atoms with Crippen LogP contribution in [0.5, 0.6) is 0 Å². The molecule has 0 spiro atoms. The topological polar surface area (TPSA) is 80.0 Å². The second-order valence-corrected chi connectivity index (χ2v) is 5.74. The predicted octanol–water partition coefficient (Wildman–Crippen LogP) is 3.44. The Morgan fingerprint density at radius 2 is 2.26 bits per heavy atom. The van der Waals surface area contributed by atoms with Gasteiger partial charge in [0.2, 0.25) is 0 Å². The Bertz CT molecular complexity index is 631. The van der Waals surface area contributed by atoms with Crippen molar-refractivity contribution < 1.29 is 4.79 Å². The highest BCUT2D eigenvalue weighted by molar-refractivity contribution is 9.10. The largest absolute Gasteiger partial charge is 0.382 e. The number of carbonyl (C=O) groups is 1. The molecular formula is C11H10BrClN4OS. The molecule has 1 aromatic carbocycles. The van der Waals surface area contributed by atoms with Gasteiger partial charge in [0.05, 0.1) is 15.2 Å². The standard InChI is InChI=1S/C11H10BrClN4OS/c1-15-11-17-9(14)8(19-11)10(18)16-6-4-2-3-5(13)7(6)12/h2-4H,14H2,1H3,(H,15,17)(H,16,18). The van der Waals surface area contributed by atoms with E-state index in [1.165, 1.54) is 11.3 Å². The average molecular weight is 362 g/mol. The molecular weight excluding hydrogens is 352 g/mol. The van der Waals surface area contributed by atoms with Crippen molar-refractivity contribution in [1.82, 2.24) is 4.98 Å². The highest BCUT2D eigenvalue weighted by atomic mass is 79.9. The van der Waals surface area contributed by atoms with Gasteiger partial charge in [0.15, 0.2) is 5.13 Å². The molecule has 0 radical (unpaired) electrons. The molecule has 0 saturated heterocycles.